The van der Waals surface area contributed by atoms with Crippen LogP contribution in [0.4, 0.5) is 5.13 Å². The Labute approximate surface area is 170 Å². The van der Waals surface area contributed by atoms with E-state index in [2.05, 4.69) is 20.5 Å². The van der Waals surface area contributed by atoms with Crippen molar-refractivity contribution in [2.75, 3.05) is 11.2 Å². The van der Waals surface area contributed by atoms with E-state index in [0.717, 1.165) is 21.3 Å². The van der Waals surface area contributed by atoms with Crippen LogP contribution in [0.2, 0.25) is 0 Å². The molecule has 0 saturated carbocycles. The van der Waals surface area contributed by atoms with Gasteiger partial charge in [0.2, 0.25) is 11.1 Å². The first-order valence-electron chi connectivity index (χ1n) is 8.62. The summed E-state index contributed by atoms with van der Waals surface area (Å²) in [4.78, 5) is 17.0. The average Bonchev–Trinajstić information content (AvgIpc) is 3.25. The maximum Gasteiger partial charge on any atom is 0.239 e. The van der Waals surface area contributed by atoms with E-state index in [1.807, 2.05) is 55.5 Å². The SMILES string of the molecule is Cc1ccc(-c2nnc(SC(C)C(=O)Nc3nc4ccccc4s3)n2N)cc1. The fourth-order valence-corrected chi connectivity index (χ4v) is 4.24. The number of carbonyl (C=O) groups is 1. The molecular formula is C19H18N6OS2. The number of nitrogens with two attached hydrogens (primary N) is 1. The number of nitrogens with one attached hydrogen (secondary N) is 1. The molecular weight excluding hydrogens is 392 g/mol. The Balaban J connectivity index is 1.46. The molecule has 4 rings (SSSR count). The summed E-state index contributed by atoms with van der Waals surface area (Å²) in [6, 6.07) is 15.6. The minimum absolute atomic E-state index is 0.163. The molecule has 1 amide bonds. The van der Waals surface area contributed by atoms with Crippen molar-refractivity contribution in [2.24, 2.45) is 0 Å². The van der Waals surface area contributed by atoms with Crippen LogP contribution in [0.5, 0.6) is 0 Å². The van der Waals surface area contributed by atoms with Gasteiger partial charge in [-0.15, -0.1) is 10.2 Å². The molecule has 4 aromatic rings. The predicted molar refractivity (Wildman–Crippen MR) is 114 cm³/mol. The molecule has 2 aromatic heterocycles. The third-order valence-electron chi connectivity index (χ3n) is 4.15. The quantitative estimate of drug-likeness (QED) is 0.384. The molecule has 3 N–H and O–H groups in total. The zero-order valence-electron chi connectivity index (χ0n) is 15.3. The lowest BCUT2D eigenvalue weighted by Gasteiger charge is -2.10. The van der Waals surface area contributed by atoms with E-state index < -0.39 is 5.25 Å². The van der Waals surface area contributed by atoms with E-state index in [4.69, 9.17) is 5.84 Å². The first kappa shape index (κ1) is 18.5. The van der Waals surface area contributed by atoms with Crippen molar-refractivity contribution in [2.45, 2.75) is 24.3 Å². The molecule has 1 atom stereocenters. The molecule has 0 aliphatic rings. The number of thiazole rings is 1. The van der Waals surface area contributed by atoms with Crippen LogP contribution in [0.1, 0.15) is 12.5 Å². The molecule has 9 heteroatoms. The van der Waals surface area contributed by atoms with Gasteiger partial charge in [-0.25, -0.2) is 9.66 Å². The lowest BCUT2D eigenvalue weighted by molar-refractivity contribution is -0.115. The number of fused-ring (bicyclic) bond motifs is 1. The number of hydrogen-bond donors (Lipinski definition) is 2. The number of anilines is 1. The molecule has 0 fully saturated rings. The number of benzene rings is 2. The number of amides is 1. The Morgan fingerprint density at radius 3 is 2.68 bits per heavy atom. The maximum atomic E-state index is 12.6. The van der Waals surface area contributed by atoms with Crippen molar-refractivity contribution >= 4 is 44.4 Å². The minimum Gasteiger partial charge on any atom is -0.335 e. The fraction of sp³-hybridized carbons (Fsp3) is 0.158. The van der Waals surface area contributed by atoms with Gasteiger partial charge < -0.3 is 11.2 Å². The molecule has 28 heavy (non-hydrogen) atoms. The van der Waals surface area contributed by atoms with E-state index in [0.29, 0.717) is 16.1 Å². The number of hydrogen-bond acceptors (Lipinski definition) is 7. The summed E-state index contributed by atoms with van der Waals surface area (Å²) in [7, 11) is 0. The highest BCUT2D eigenvalue weighted by Crippen LogP contribution is 2.28. The van der Waals surface area contributed by atoms with Crippen molar-refractivity contribution in [3.8, 4) is 11.4 Å². The van der Waals surface area contributed by atoms with Crippen LogP contribution in [-0.2, 0) is 4.79 Å². The van der Waals surface area contributed by atoms with Gasteiger partial charge in [-0.05, 0) is 26.0 Å². The third kappa shape index (κ3) is 3.71. The molecule has 1 unspecified atom stereocenters. The van der Waals surface area contributed by atoms with E-state index in [1.165, 1.54) is 27.8 Å². The van der Waals surface area contributed by atoms with Gasteiger partial charge >= 0.3 is 0 Å². The van der Waals surface area contributed by atoms with Gasteiger partial charge in [0.1, 0.15) is 0 Å². The topological polar surface area (TPSA) is 98.7 Å². The third-order valence-corrected chi connectivity index (χ3v) is 6.16. The monoisotopic (exact) mass is 410 g/mol. The second-order valence-electron chi connectivity index (χ2n) is 6.28. The summed E-state index contributed by atoms with van der Waals surface area (Å²) in [5, 5.41) is 11.8. The fourth-order valence-electron chi connectivity index (χ4n) is 2.60. The van der Waals surface area contributed by atoms with Crippen LogP contribution in [0.25, 0.3) is 21.6 Å². The van der Waals surface area contributed by atoms with Crippen molar-refractivity contribution in [1.82, 2.24) is 19.9 Å². The molecule has 7 nitrogen and oxygen atoms in total. The summed E-state index contributed by atoms with van der Waals surface area (Å²) >= 11 is 2.70. The first-order chi connectivity index (χ1) is 13.5. The Hall–Kier alpha value is -2.91. The average molecular weight is 411 g/mol. The number of aryl methyl sites for hydroxylation is 1. The van der Waals surface area contributed by atoms with E-state index in [-0.39, 0.29) is 5.91 Å². The number of nitrogens with zero attached hydrogens (tertiary/aromatic N) is 4. The molecule has 142 valence electrons. The highest BCUT2D eigenvalue weighted by Gasteiger charge is 2.21. The van der Waals surface area contributed by atoms with Gasteiger partial charge in [0.15, 0.2) is 11.0 Å². The van der Waals surface area contributed by atoms with Gasteiger partial charge in [0.25, 0.3) is 0 Å². The molecule has 0 radical (unpaired) electrons. The number of nitrogen functional groups attached to an aromatic ring is 1. The van der Waals surface area contributed by atoms with Gasteiger partial charge in [-0.2, -0.15) is 0 Å². The van der Waals surface area contributed by atoms with E-state index in [9.17, 15) is 4.79 Å². The first-order valence-corrected chi connectivity index (χ1v) is 10.3. The van der Waals surface area contributed by atoms with Gasteiger partial charge in [-0.1, -0.05) is 65.1 Å². The van der Waals surface area contributed by atoms with E-state index in [1.54, 1.807) is 6.92 Å². The maximum absolute atomic E-state index is 12.6. The largest absolute Gasteiger partial charge is 0.335 e. The smallest absolute Gasteiger partial charge is 0.239 e. The zero-order valence-corrected chi connectivity index (χ0v) is 16.9. The lowest BCUT2D eigenvalue weighted by atomic mass is 10.1. The Morgan fingerprint density at radius 2 is 1.93 bits per heavy atom. The highest BCUT2D eigenvalue weighted by atomic mass is 32.2. The number of thioether (sulfide) groups is 1. The van der Waals surface area contributed by atoms with Crippen molar-refractivity contribution in [3.05, 3.63) is 54.1 Å². The number of aromatic nitrogens is 4. The Morgan fingerprint density at radius 1 is 1.18 bits per heavy atom. The molecule has 2 aromatic carbocycles. The van der Waals surface area contributed by atoms with Gasteiger partial charge in [-0.3, -0.25) is 4.79 Å². The van der Waals surface area contributed by atoms with Crippen molar-refractivity contribution in [1.29, 1.82) is 0 Å². The van der Waals surface area contributed by atoms with Crippen LogP contribution >= 0.6 is 23.1 Å². The van der Waals surface area contributed by atoms with Gasteiger partial charge in [0, 0.05) is 5.56 Å². The summed E-state index contributed by atoms with van der Waals surface area (Å²) < 4.78 is 2.44. The molecule has 0 bridgehead atoms. The van der Waals surface area contributed by atoms with E-state index >= 15 is 0 Å². The molecule has 2 heterocycles. The Kier molecular flexibility index (Phi) is 5.01. The number of para-hydroxylation sites is 1. The standard InChI is InChI=1S/C19H18N6OS2/c1-11-7-9-13(10-8-11)16-23-24-19(25(16)20)27-12(2)17(26)22-18-21-14-5-3-4-6-15(14)28-18/h3-10,12H,20H2,1-2H3,(H,21,22,26). The van der Waals surface area contributed by atoms with Crippen LogP contribution in [0.3, 0.4) is 0 Å². The molecule has 0 spiro atoms. The van der Waals surface area contributed by atoms with Gasteiger partial charge in [0.05, 0.1) is 15.5 Å². The lowest BCUT2D eigenvalue weighted by Crippen LogP contribution is -2.23. The molecule has 0 saturated heterocycles. The van der Waals surface area contributed by atoms with Crippen molar-refractivity contribution < 1.29 is 4.79 Å². The van der Waals surface area contributed by atoms with Crippen LogP contribution in [0, 0.1) is 6.92 Å². The molecule has 0 aliphatic heterocycles. The van der Waals surface area contributed by atoms with Crippen LogP contribution < -0.4 is 11.2 Å². The summed E-state index contributed by atoms with van der Waals surface area (Å²) in [6.07, 6.45) is 0. The highest BCUT2D eigenvalue weighted by molar-refractivity contribution is 8.00. The number of carbonyl (C=O) groups excluding carboxylic acids is 1. The second-order valence-corrected chi connectivity index (χ2v) is 8.62. The van der Waals surface area contributed by atoms with Crippen LogP contribution in [-0.4, -0.2) is 31.0 Å². The van der Waals surface area contributed by atoms with Crippen molar-refractivity contribution in [3.63, 3.8) is 0 Å². The normalized spacial score (nSPS) is 12.2. The summed E-state index contributed by atoms with van der Waals surface area (Å²) in [5.74, 6) is 6.55. The predicted octanol–water partition coefficient (Wildman–Crippen LogP) is 3.70. The summed E-state index contributed by atoms with van der Waals surface area (Å²) in [5.41, 5.74) is 2.90. The minimum atomic E-state index is -0.413. The summed E-state index contributed by atoms with van der Waals surface area (Å²) in [6.45, 7) is 3.82. The molecule has 0 aliphatic carbocycles. The second kappa shape index (κ2) is 7.61. The Bertz CT molecular complexity index is 1100. The van der Waals surface area contributed by atoms with Crippen LogP contribution in [0.15, 0.2) is 53.7 Å². The zero-order chi connectivity index (χ0) is 19.7. The number of rotatable bonds is 5.